The number of hydrogen-bond donors (Lipinski definition) is 1. The summed E-state index contributed by atoms with van der Waals surface area (Å²) in [6.45, 7) is 0. The number of nitrogens with one attached hydrogen (secondary N) is 1. The first-order valence-electron chi connectivity index (χ1n) is 6.46. The number of hydrogen-bond acceptors (Lipinski definition) is 1. The molecular formula is C16H13F2NO. The molecule has 1 amide bonds. The molecule has 0 saturated carbocycles. The van der Waals surface area contributed by atoms with Gasteiger partial charge in [-0.1, -0.05) is 24.3 Å². The number of carbonyl (C=O) groups is 1. The van der Waals surface area contributed by atoms with Crippen molar-refractivity contribution in [3.8, 4) is 0 Å². The summed E-state index contributed by atoms with van der Waals surface area (Å²) >= 11 is 0. The summed E-state index contributed by atoms with van der Waals surface area (Å²) in [5.74, 6) is -2.33. The molecular weight excluding hydrogens is 260 g/mol. The normalized spacial score (nSPS) is 14.1. The van der Waals surface area contributed by atoms with Crippen LogP contribution in [0, 0.1) is 11.6 Å². The first-order valence-corrected chi connectivity index (χ1v) is 6.46. The van der Waals surface area contributed by atoms with Crippen LogP contribution < -0.4 is 5.32 Å². The van der Waals surface area contributed by atoms with Crippen LogP contribution in [0.3, 0.4) is 0 Å². The van der Waals surface area contributed by atoms with Gasteiger partial charge < -0.3 is 5.32 Å². The van der Waals surface area contributed by atoms with Crippen LogP contribution in [0.2, 0.25) is 0 Å². The molecule has 0 aromatic heterocycles. The number of halogens is 2. The Kier molecular flexibility index (Phi) is 3.22. The molecule has 20 heavy (non-hydrogen) atoms. The minimum absolute atomic E-state index is 0.00742. The fourth-order valence-corrected chi connectivity index (χ4v) is 2.57. The Bertz CT molecular complexity index is 644. The van der Waals surface area contributed by atoms with Gasteiger partial charge in [0, 0.05) is 11.6 Å². The second kappa shape index (κ2) is 5.04. The topological polar surface area (TPSA) is 29.1 Å². The summed E-state index contributed by atoms with van der Waals surface area (Å²) in [5.41, 5.74) is 2.59. The van der Waals surface area contributed by atoms with Gasteiger partial charge in [-0.15, -0.1) is 0 Å². The predicted molar refractivity (Wildman–Crippen MR) is 71.5 cm³/mol. The van der Waals surface area contributed by atoms with Gasteiger partial charge in [-0.05, 0) is 42.2 Å². The van der Waals surface area contributed by atoms with Gasteiger partial charge in [-0.2, -0.15) is 0 Å². The Hall–Kier alpha value is -2.23. The Morgan fingerprint density at radius 3 is 2.25 bits per heavy atom. The third kappa shape index (κ3) is 2.41. The van der Waals surface area contributed by atoms with Crippen LogP contribution in [-0.2, 0) is 12.8 Å². The molecule has 0 aliphatic heterocycles. The van der Waals surface area contributed by atoms with Crippen molar-refractivity contribution in [2.45, 2.75) is 18.9 Å². The second-order valence-corrected chi connectivity index (χ2v) is 4.98. The fraction of sp³-hybridized carbons (Fsp3) is 0.188. The number of fused-ring (bicyclic) bond motifs is 1. The van der Waals surface area contributed by atoms with Gasteiger partial charge in [0.1, 0.15) is 0 Å². The van der Waals surface area contributed by atoms with Gasteiger partial charge >= 0.3 is 0 Å². The maximum absolute atomic E-state index is 13.1. The third-order valence-electron chi connectivity index (χ3n) is 3.57. The van der Waals surface area contributed by atoms with Gasteiger partial charge in [0.05, 0.1) is 0 Å². The molecule has 0 spiro atoms. The van der Waals surface area contributed by atoms with Crippen LogP contribution in [-0.4, -0.2) is 11.9 Å². The van der Waals surface area contributed by atoms with E-state index in [-0.39, 0.29) is 17.5 Å². The highest BCUT2D eigenvalue weighted by Crippen LogP contribution is 2.22. The molecule has 4 heteroatoms. The third-order valence-corrected chi connectivity index (χ3v) is 3.57. The van der Waals surface area contributed by atoms with Gasteiger partial charge in [0.2, 0.25) is 0 Å². The summed E-state index contributed by atoms with van der Waals surface area (Å²) in [4.78, 5) is 12.0. The van der Waals surface area contributed by atoms with Gasteiger partial charge in [0.25, 0.3) is 5.91 Å². The second-order valence-electron chi connectivity index (χ2n) is 4.98. The van der Waals surface area contributed by atoms with E-state index >= 15 is 0 Å². The molecule has 0 heterocycles. The average molecular weight is 273 g/mol. The zero-order valence-corrected chi connectivity index (χ0v) is 10.7. The molecule has 2 aromatic rings. The average Bonchev–Trinajstić information content (AvgIpc) is 2.83. The van der Waals surface area contributed by atoms with Crippen molar-refractivity contribution in [1.29, 1.82) is 0 Å². The van der Waals surface area contributed by atoms with Crippen molar-refractivity contribution < 1.29 is 13.6 Å². The summed E-state index contributed by atoms with van der Waals surface area (Å²) in [6.07, 6.45) is 1.54. The number of amides is 1. The molecule has 1 aliphatic carbocycles. The highest BCUT2D eigenvalue weighted by molar-refractivity contribution is 5.94. The van der Waals surface area contributed by atoms with E-state index in [1.54, 1.807) is 0 Å². The van der Waals surface area contributed by atoms with Gasteiger partial charge in [-0.25, -0.2) is 8.78 Å². The quantitative estimate of drug-likeness (QED) is 0.895. The maximum atomic E-state index is 13.1. The lowest BCUT2D eigenvalue weighted by atomic mass is 10.1. The largest absolute Gasteiger partial charge is 0.349 e. The van der Waals surface area contributed by atoms with Crippen molar-refractivity contribution >= 4 is 5.91 Å². The minimum atomic E-state index is -1.01. The molecule has 0 bridgehead atoms. The van der Waals surface area contributed by atoms with Crippen molar-refractivity contribution in [2.75, 3.05) is 0 Å². The molecule has 1 aliphatic rings. The van der Waals surface area contributed by atoms with E-state index in [1.807, 2.05) is 24.3 Å². The van der Waals surface area contributed by atoms with E-state index in [0.29, 0.717) is 0 Å². The molecule has 0 fully saturated rings. The summed E-state index contributed by atoms with van der Waals surface area (Å²) in [5, 5.41) is 2.86. The standard InChI is InChI=1S/C16H13F2NO/c17-14-6-5-12(9-15(14)18)16(20)19-13-7-10-3-1-2-4-11(10)8-13/h1-6,9,13H,7-8H2,(H,19,20). The van der Waals surface area contributed by atoms with E-state index < -0.39 is 11.6 Å². The minimum Gasteiger partial charge on any atom is -0.349 e. The predicted octanol–water partition coefficient (Wildman–Crippen LogP) is 2.86. The SMILES string of the molecule is O=C(NC1Cc2ccccc2C1)c1ccc(F)c(F)c1. The van der Waals surface area contributed by atoms with Crippen LogP contribution >= 0.6 is 0 Å². The fourth-order valence-electron chi connectivity index (χ4n) is 2.57. The number of rotatable bonds is 2. The zero-order valence-electron chi connectivity index (χ0n) is 10.7. The van der Waals surface area contributed by atoms with Gasteiger partial charge in [0.15, 0.2) is 11.6 Å². The monoisotopic (exact) mass is 273 g/mol. The van der Waals surface area contributed by atoms with Crippen molar-refractivity contribution in [1.82, 2.24) is 5.32 Å². The Morgan fingerprint density at radius 1 is 1.00 bits per heavy atom. The zero-order chi connectivity index (χ0) is 14.1. The molecule has 2 nitrogen and oxygen atoms in total. The van der Waals surface area contributed by atoms with Crippen molar-refractivity contribution in [3.05, 3.63) is 70.8 Å². The smallest absolute Gasteiger partial charge is 0.251 e. The molecule has 0 unspecified atom stereocenters. The first-order chi connectivity index (χ1) is 9.63. The molecule has 0 atom stereocenters. The highest BCUT2D eigenvalue weighted by atomic mass is 19.2. The molecule has 102 valence electrons. The van der Waals surface area contributed by atoms with Crippen LogP contribution in [0.15, 0.2) is 42.5 Å². The Morgan fingerprint density at radius 2 is 1.65 bits per heavy atom. The highest BCUT2D eigenvalue weighted by Gasteiger charge is 2.23. The van der Waals surface area contributed by atoms with E-state index in [0.717, 1.165) is 25.0 Å². The lowest BCUT2D eigenvalue weighted by Gasteiger charge is -2.12. The number of benzene rings is 2. The van der Waals surface area contributed by atoms with E-state index in [9.17, 15) is 13.6 Å². The summed E-state index contributed by atoms with van der Waals surface area (Å²) in [6, 6.07) is 11.2. The van der Waals surface area contributed by atoms with Crippen LogP contribution in [0.5, 0.6) is 0 Å². The summed E-state index contributed by atoms with van der Waals surface area (Å²) in [7, 11) is 0. The van der Waals surface area contributed by atoms with E-state index in [2.05, 4.69) is 5.32 Å². The molecule has 1 N–H and O–H groups in total. The molecule has 0 radical (unpaired) electrons. The number of carbonyl (C=O) groups excluding carboxylic acids is 1. The Balaban J connectivity index is 1.70. The van der Waals surface area contributed by atoms with Crippen molar-refractivity contribution in [2.24, 2.45) is 0 Å². The molecule has 0 saturated heterocycles. The van der Waals surface area contributed by atoms with Crippen LogP contribution in [0.25, 0.3) is 0 Å². The van der Waals surface area contributed by atoms with E-state index in [1.165, 1.54) is 17.2 Å². The van der Waals surface area contributed by atoms with Gasteiger partial charge in [-0.3, -0.25) is 4.79 Å². The lowest BCUT2D eigenvalue weighted by molar-refractivity contribution is 0.0938. The van der Waals surface area contributed by atoms with E-state index in [4.69, 9.17) is 0 Å². The molecule has 2 aromatic carbocycles. The maximum Gasteiger partial charge on any atom is 0.251 e. The molecule has 3 rings (SSSR count). The lowest BCUT2D eigenvalue weighted by Crippen LogP contribution is -2.35. The Labute approximate surface area is 115 Å². The van der Waals surface area contributed by atoms with Crippen LogP contribution in [0.4, 0.5) is 8.78 Å². The summed E-state index contributed by atoms with van der Waals surface area (Å²) < 4.78 is 26.0. The first kappa shape index (κ1) is 12.8. The van der Waals surface area contributed by atoms with Crippen LogP contribution in [0.1, 0.15) is 21.5 Å². The van der Waals surface area contributed by atoms with Crippen molar-refractivity contribution in [3.63, 3.8) is 0 Å².